The van der Waals surface area contributed by atoms with Crippen LogP contribution in [0.1, 0.15) is 13.3 Å². The molecule has 0 saturated heterocycles. The van der Waals surface area contributed by atoms with E-state index in [0.29, 0.717) is 11.3 Å². The van der Waals surface area contributed by atoms with E-state index < -0.39 is 17.6 Å². The maximum absolute atomic E-state index is 10.6. The normalized spacial score (nSPS) is 31.4. The van der Waals surface area contributed by atoms with Gasteiger partial charge in [0.2, 0.25) is 0 Å². The second-order valence-electron chi connectivity index (χ2n) is 3.32. The first-order chi connectivity index (χ1) is 6.50. The Morgan fingerprint density at radius 3 is 2.93 bits per heavy atom. The van der Waals surface area contributed by atoms with Crippen LogP contribution < -0.4 is 0 Å². The molecule has 4 nitrogen and oxygen atoms in total. The summed E-state index contributed by atoms with van der Waals surface area (Å²) in [6, 6.07) is -0.439. The van der Waals surface area contributed by atoms with Gasteiger partial charge in [0.1, 0.15) is 5.60 Å². The Morgan fingerprint density at radius 2 is 2.43 bits per heavy atom. The first-order valence-corrected chi connectivity index (χ1v) is 4.92. The van der Waals surface area contributed by atoms with Crippen LogP contribution in [0.15, 0.2) is 16.6 Å². The van der Waals surface area contributed by atoms with Gasteiger partial charge in [-0.25, -0.2) is 0 Å². The summed E-state index contributed by atoms with van der Waals surface area (Å²) in [5, 5.41) is 18.9. The second-order valence-corrected chi connectivity index (χ2v) is 3.64. The van der Waals surface area contributed by atoms with Gasteiger partial charge in [-0.05, 0) is 18.6 Å². The van der Waals surface area contributed by atoms with Crippen LogP contribution in [-0.2, 0) is 4.79 Å². The molecule has 0 fully saturated rings. The number of hydrogen-bond acceptors (Lipinski definition) is 4. The third-order valence-corrected chi connectivity index (χ3v) is 2.76. The van der Waals surface area contributed by atoms with Crippen LogP contribution in [0.3, 0.4) is 0 Å². The predicted octanol–water partition coefficient (Wildman–Crippen LogP) is 0.521. The molecule has 14 heavy (non-hydrogen) atoms. The average molecular weight is 215 g/mol. The molecule has 0 aromatic rings. The van der Waals surface area contributed by atoms with Crippen molar-refractivity contribution in [3.8, 4) is 0 Å². The Labute approximate surface area is 87.8 Å². The van der Waals surface area contributed by atoms with E-state index in [0.717, 1.165) is 0 Å². The SMILES string of the molecule is CC1N=CC=C(CS)C1(O)CC(=O)O. The van der Waals surface area contributed by atoms with E-state index >= 15 is 0 Å². The van der Waals surface area contributed by atoms with E-state index in [1.165, 1.54) is 0 Å². The minimum Gasteiger partial charge on any atom is -0.481 e. The molecule has 2 N–H and O–H groups in total. The number of aliphatic hydroxyl groups is 1. The van der Waals surface area contributed by atoms with Crippen molar-refractivity contribution in [3.05, 3.63) is 11.6 Å². The quantitative estimate of drug-likeness (QED) is 0.601. The molecule has 78 valence electrons. The van der Waals surface area contributed by atoms with E-state index in [1.807, 2.05) is 0 Å². The summed E-state index contributed by atoms with van der Waals surface area (Å²) in [6.45, 7) is 1.69. The lowest BCUT2D eigenvalue weighted by Crippen LogP contribution is -2.45. The zero-order chi connectivity index (χ0) is 10.8. The third-order valence-electron chi connectivity index (χ3n) is 2.42. The van der Waals surface area contributed by atoms with Gasteiger partial charge in [0.15, 0.2) is 0 Å². The predicted molar refractivity (Wildman–Crippen MR) is 57.1 cm³/mol. The summed E-state index contributed by atoms with van der Waals surface area (Å²) < 4.78 is 0. The molecule has 0 aromatic heterocycles. The van der Waals surface area contributed by atoms with Gasteiger partial charge < -0.3 is 10.2 Å². The minimum atomic E-state index is -1.39. The highest BCUT2D eigenvalue weighted by atomic mass is 32.1. The van der Waals surface area contributed by atoms with E-state index in [-0.39, 0.29) is 6.42 Å². The second kappa shape index (κ2) is 4.14. The molecule has 5 heteroatoms. The number of aliphatic imine (C=N–C) groups is 1. The number of carboxylic acid groups (broad SMARTS) is 1. The van der Waals surface area contributed by atoms with Crippen LogP contribution in [0.5, 0.6) is 0 Å². The molecule has 1 heterocycles. The Hall–Kier alpha value is -0.810. The molecule has 0 amide bonds. The van der Waals surface area contributed by atoms with Crippen molar-refractivity contribution in [1.82, 2.24) is 0 Å². The van der Waals surface area contributed by atoms with Crippen LogP contribution in [0, 0.1) is 0 Å². The van der Waals surface area contributed by atoms with Gasteiger partial charge in [-0.1, -0.05) is 0 Å². The molecule has 1 aliphatic rings. The maximum Gasteiger partial charge on any atom is 0.306 e. The number of carbonyl (C=O) groups is 1. The molecule has 0 aliphatic carbocycles. The molecule has 2 unspecified atom stereocenters. The summed E-state index contributed by atoms with van der Waals surface area (Å²) in [5.74, 6) is -0.704. The molecule has 0 spiro atoms. The molecular formula is C9H13NO3S. The standard InChI is InChI=1S/C9H13NO3S/c1-6-9(13,4-8(11)12)7(5-14)2-3-10-6/h2-3,6,13-14H,4-5H2,1H3,(H,11,12). The number of aliphatic carboxylic acids is 1. The third kappa shape index (κ3) is 1.99. The Morgan fingerprint density at radius 1 is 1.79 bits per heavy atom. The number of nitrogens with zero attached hydrogens (tertiary/aromatic N) is 1. The highest BCUT2D eigenvalue weighted by Gasteiger charge is 2.40. The van der Waals surface area contributed by atoms with Crippen molar-refractivity contribution in [2.75, 3.05) is 5.75 Å². The fraction of sp³-hybridized carbons (Fsp3) is 0.556. The van der Waals surface area contributed by atoms with Gasteiger partial charge in [-0.15, -0.1) is 0 Å². The van der Waals surface area contributed by atoms with Gasteiger partial charge in [-0.2, -0.15) is 12.6 Å². The molecule has 1 aliphatic heterocycles. The number of allylic oxidation sites excluding steroid dienone is 1. The zero-order valence-electron chi connectivity index (χ0n) is 7.84. The van der Waals surface area contributed by atoms with Crippen LogP contribution in [-0.4, -0.2) is 39.8 Å². The van der Waals surface area contributed by atoms with Crippen molar-refractivity contribution in [2.45, 2.75) is 25.0 Å². The summed E-state index contributed by atoms with van der Waals surface area (Å²) in [7, 11) is 0. The minimum absolute atomic E-state index is 0.333. The van der Waals surface area contributed by atoms with Gasteiger partial charge >= 0.3 is 5.97 Å². The summed E-state index contributed by atoms with van der Waals surface area (Å²) in [5.41, 5.74) is -0.784. The topological polar surface area (TPSA) is 69.9 Å². The van der Waals surface area contributed by atoms with Crippen molar-refractivity contribution in [1.29, 1.82) is 0 Å². The lowest BCUT2D eigenvalue weighted by atomic mass is 9.83. The smallest absolute Gasteiger partial charge is 0.306 e. The number of hydrogen-bond donors (Lipinski definition) is 3. The van der Waals surface area contributed by atoms with Crippen LogP contribution >= 0.6 is 12.6 Å². The number of rotatable bonds is 3. The highest BCUT2D eigenvalue weighted by Crippen LogP contribution is 2.30. The number of thiol groups is 1. The van der Waals surface area contributed by atoms with E-state index in [9.17, 15) is 9.90 Å². The Kier molecular flexibility index (Phi) is 3.34. The monoisotopic (exact) mass is 215 g/mol. The van der Waals surface area contributed by atoms with E-state index in [4.69, 9.17) is 5.11 Å². The number of dihydropyridines is 1. The van der Waals surface area contributed by atoms with Crippen molar-refractivity contribution in [3.63, 3.8) is 0 Å². The van der Waals surface area contributed by atoms with Crippen LogP contribution in [0.2, 0.25) is 0 Å². The summed E-state index contributed by atoms with van der Waals surface area (Å²) >= 11 is 4.06. The van der Waals surface area contributed by atoms with Crippen molar-refractivity contribution >= 4 is 24.8 Å². The van der Waals surface area contributed by atoms with Gasteiger partial charge in [-0.3, -0.25) is 9.79 Å². The van der Waals surface area contributed by atoms with Crippen molar-refractivity contribution in [2.24, 2.45) is 4.99 Å². The van der Waals surface area contributed by atoms with Crippen LogP contribution in [0.25, 0.3) is 0 Å². The largest absolute Gasteiger partial charge is 0.481 e. The highest BCUT2D eigenvalue weighted by molar-refractivity contribution is 7.80. The molecule has 0 aromatic carbocycles. The van der Waals surface area contributed by atoms with Gasteiger partial charge in [0.05, 0.1) is 12.5 Å². The number of carboxylic acids is 1. The molecule has 0 radical (unpaired) electrons. The molecule has 0 bridgehead atoms. The Bertz CT molecular complexity index is 300. The van der Waals surface area contributed by atoms with Gasteiger partial charge in [0.25, 0.3) is 0 Å². The average Bonchev–Trinajstić information content (AvgIpc) is 2.08. The maximum atomic E-state index is 10.6. The van der Waals surface area contributed by atoms with Crippen LogP contribution in [0.4, 0.5) is 0 Å². The molecule has 0 saturated carbocycles. The Balaban J connectivity index is 2.97. The van der Waals surface area contributed by atoms with Gasteiger partial charge in [0, 0.05) is 12.0 Å². The summed E-state index contributed by atoms with van der Waals surface area (Å²) in [6.07, 6.45) is 2.86. The molecule has 2 atom stereocenters. The van der Waals surface area contributed by atoms with E-state index in [1.54, 1.807) is 19.2 Å². The molecular weight excluding hydrogens is 202 g/mol. The molecule has 1 rings (SSSR count). The lowest BCUT2D eigenvalue weighted by molar-refractivity contribution is -0.141. The fourth-order valence-corrected chi connectivity index (χ4v) is 1.86. The first kappa shape index (κ1) is 11.3. The first-order valence-electron chi connectivity index (χ1n) is 4.28. The fourth-order valence-electron chi connectivity index (χ4n) is 1.48. The van der Waals surface area contributed by atoms with Crippen molar-refractivity contribution < 1.29 is 15.0 Å². The zero-order valence-corrected chi connectivity index (χ0v) is 8.74. The lowest BCUT2D eigenvalue weighted by Gasteiger charge is -2.34. The summed E-state index contributed by atoms with van der Waals surface area (Å²) in [4.78, 5) is 14.6. The van der Waals surface area contributed by atoms with E-state index in [2.05, 4.69) is 17.6 Å².